The highest BCUT2D eigenvalue weighted by Gasteiger charge is 2.58. The molecule has 0 aromatic carbocycles. The monoisotopic (exact) mass is 1600 g/mol. The highest BCUT2D eigenvalue weighted by molar-refractivity contribution is 7.99. The highest BCUT2D eigenvalue weighted by Crippen LogP contribution is 2.38. The smallest absolute Gasteiger partial charge is 0.243 e. The van der Waals surface area contributed by atoms with E-state index in [0.717, 1.165) is 12.4 Å². The first-order chi connectivity index (χ1) is 51.4. The van der Waals surface area contributed by atoms with Gasteiger partial charge in [-0.3, -0.25) is 10.1 Å². The Morgan fingerprint density at radius 2 is 0.713 bits per heavy atom. The molecule has 1 amide bonds. The third-order valence-corrected chi connectivity index (χ3v) is 20.2. The van der Waals surface area contributed by atoms with Crippen molar-refractivity contribution in [2.45, 2.75) is 271 Å². The Hall–Kier alpha value is -2.49. The third kappa shape index (κ3) is 22.0. The zero-order valence-electron chi connectivity index (χ0n) is 57.9. The Morgan fingerprint density at radius 1 is 0.380 bits per heavy atom. The van der Waals surface area contributed by atoms with Crippen LogP contribution in [0.25, 0.3) is 0 Å². The number of aliphatic hydroxyl groups excluding tert-OH is 25. The van der Waals surface area contributed by atoms with Crippen LogP contribution < -0.4 is 10.6 Å². The summed E-state index contributed by atoms with van der Waals surface area (Å²) in [6.45, 7) is -2.35. The van der Waals surface area contributed by atoms with Crippen LogP contribution >= 0.6 is 11.8 Å². The van der Waals surface area contributed by atoms with Crippen LogP contribution in [-0.4, -0.2) is 482 Å². The van der Waals surface area contributed by atoms with Crippen molar-refractivity contribution in [3.05, 3.63) is 12.7 Å². The second kappa shape index (κ2) is 42.4. The van der Waals surface area contributed by atoms with Crippen molar-refractivity contribution < 1.29 is 218 Å². The first-order valence-electron chi connectivity index (χ1n) is 34.7. The zero-order chi connectivity index (χ0) is 79.3. The van der Waals surface area contributed by atoms with Gasteiger partial charge in [-0.05, 0) is 31.7 Å². The molecule has 9 aliphatic heterocycles. The molecule has 0 radical (unpaired) electrons. The van der Waals surface area contributed by atoms with Gasteiger partial charge in [0, 0.05) is 12.3 Å². The van der Waals surface area contributed by atoms with E-state index in [9.17, 15) is 132 Å². The second-order valence-electron chi connectivity index (χ2n) is 26.6. The Balaban J connectivity index is 0.00000482. The van der Waals surface area contributed by atoms with Crippen LogP contribution in [0.2, 0.25) is 0 Å². The van der Waals surface area contributed by atoms with Gasteiger partial charge in [-0.1, -0.05) is 6.58 Å². The average Bonchev–Trinajstić information content (AvgIpc) is 0.769. The molecule has 108 heavy (non-hydrogen) atoms. The number of rotatable bonds is 31. The number of hydrogen-bond donors (Lipinski definition) is 27. The molecule has 46 nitrogen and oxygen atoms in total. The maximum atomic E-state index is 12.3. The number of ether oxygens (including phenoxy) is 17. The van der Waals surface area contributed by atoms with Crippen molar-refractivity contribution in [3.8, 4) is 0 Å². The molecule has 9 fully saturated rings. The Bertz CT molecular complexity index is 2670. The molecule has 47 heteroatoms. The Kier molecular flexibility index (Phi) is 35.7. The van der Waals surface area contributed by atoms with E-state index in [1.165, 1.54) is 18.7 Å². The summed E-state index contributed by atoms with van der Waals surface area (Å²) >= 11 is 1.49. The summed E-state index contributed by atoms with van der Waals surface area (Å²) in [7, 11) is 0. The molecule has 0 bridgehead atoms. The number of nitrogens with one attached hydrogen (secondary N) is 2. The largest absolute Gasteiger partial charge is 0.394 e. The van der Waals surface area contributed by atoms with E-state index in [2.05, 4.69) is 17.2 Å². The molecule has 0 aliphatic carbocycles. The van der Waals surface area contributed by atoms with Crippen molar-refractivity contribution in [1.82, 2.24) is 10.6 Å². The molecule has 9 aliphatic rings. The van der Waals surface area contributed by atoms with Crippen LogP contribution in [0.5, 0.6) is 0 Å². The summed E-state index contributed by atoms with van der Waals surface area (Å²) in [4.78, 5) is 20.3. The standard InChI is InChI=1S/C59H100N2O43S.C2H4O/c1-2-26(68)60-5-7-105-6-3-4-61-51-39(81)36(78)46(22(10-64)94-51)100-56-44(86)37(79)48(25(98-56)16-93-59-50(29(71)19(67)13-90-59)104-54-42(84)34(76)31(73)21(9-63)96-54)102-57-45(87)38(80)47(101-55-43(85)35(77)32(74)23(97-55)14-91-52-40(82)27(69)17(65)11-88-52)24(99-57)15-92-58-49(28(70)18(66)12-89-58)103-53-41(83)33(75)30(72)20(8-62)95-53;1-2-3/h2,17-25,27-59,61-67,69-87H,1,3-16H2,(H,60,68);2H,1H3/t17-,18-,19-,20?,21?,22+,23?,24+,25?,27+,28+,29+,30+,31+,32-,33+,34+,35+,36?,37-,38?,39?,40?,41?,42?,43?,44?,45?,46-,47-,48-,49?,50?,51-,52-,53+,54+,55+,56+,57+,58-,59-;/m1./s1. The maximum absolute atomic E-state index is 12.3. The first-order valence-corrected chi connectivity index (χ1v) is 35.8. The lowest BCUT2D eigenvalue weighted by molar-refractivity contribution is -0.395. The van der Waals surface area contributed by atoms with Gasteiger partial charge in [-0.15, -0.1) is 0 Å². The fourth-order valence-electron chi connectivity index (χ4n) is 12.8. The molecule has 15 unspecified atom stereocenters. The normalized spacial score (nSPS) is 48.2. The van der Waals surface area contributed by atoms with Crippen molar-refractivity contribution in [3.63, 3.8) is 0 Å². The summed E-state index contributed by atoms with van der Waals surface area (Å²) < 4.78 is 98.9. The fourth-order valence-corrected chi connectivity index (χ4v) is 13.6. The highest BCUT2D eigenvalue weighted by atomic mass is 32.2. The van der Waals surface area contributed by atoms with Gasteiger partial charge in [0.1, 0.15) is 214 Å². The van der Waals surface area contributed by atoms with Crippen LogP contribution in [0.3, 0.4) is 0 Å². The van der Waals surface area contributed by atoms with Gasteiger partial charge < -0.3 is 218 Å². The van der Waals surface area contributed by atoms with Crippen LogP contribution in [0, 0.1) is 0 Å². The summed E-state index contributed by atoms with van der Waals surface area (Å²) in [5.74, 6) is 0.778. The second-order valence-corrected chi connectivity index (χ2v) is 27.9. The molecule has 0 aromatic heterocycles. The van der Waals surface area contributed by atoms with Crippen LogP contribution in [0.15, 0.2) is 12.7 Å². The lowest BCUT2D eigenvalue weighted by atomic mass is 9.95. The number of aldehydes is 1. The lowest BCUT2D eigenvalue weighted by Gasteiger charge is -2.50. The molecule has 0 spiro atoms. The Labute approximate surface area is 618 Å². The number of hydrogen-bond acceptors (Lipinski definition) is 46. The predicted octanol–water partition coefficient (Wildman–Crippen LogP) is -17.5. The van der Waals surface area contributed by atoms with Crippen LogP contribution in [0.1, 0.15) is 13.3 Å². The minimum absolute atomic E-state index is 0.194. The molecule has 628 valence electrons. The molecule has 42 atom stereocenters. The van der Waals surface area contributed by atoms with Crippen LogP contribution in [-0.2, 0) is 90.1 Å². The predicted molar refractivity (Wildman–Crippen MR) is 342 cm³/mol. The van der Waals surface area contributed by atoms with Gasteiger partial charge in [-0.25, -0.2) is 0 Å². The lowest BCUT2D eigenvalue weighted by Crippen LogP contribution is -2.68. The van der Waals surface area contributed by atoms with E-state index in [-0.39, 0.29) is 12.5 Å². The van der Waals surface area contributed by atoms with Crippen LogP contribution in [0.4, 0.5) is 0 Å². The topological polar surface area (TPSA) is 721 Å². The summed E-state index contributed by atoms with van der Waals surface area (Å²) in [5.41, 5.74) is 0. The third-order valence-electron chi connectivity index (χ3n) is 19.1. The van der Waals surface area contributed by atoms with Crippen molar-refractivity contribution in [2.75, 3.05) is 84.1 Å². The molecule has 9 saturated heterocycles. The van der Waals surface area contributed by atoms with E-state index >= 15 is 0 Å². The number of carbonyl (C=O) groups excluding carboxylic acids is 2. The first kappa shape index (κ1) is 91.0. The maximum Gasteiger partial charge on any atom is 0.243 e. The van der Waals surface area contributed by atoms with E-state index < -0.39 is 317 Å². The van der Waals surface area contributed by atoms with E-state index in [1.807, 2.05) is 0 Å². The molecule has 9 rings (SSSR count). The van der Waals surface area contributed by atoms with Gasteiger partial charge in [-0.2, -0.15) is 11.8 Å². The van der Waals surface area contributed by atoms with Crippen molar-refractivity contribution in [2.24, 2.45) is 0 Å². The number of aliphatic hydroxyl groups is 25. The minimum Gasteiger partial charge on any atom is -0.394 e. The number of thioether (sulfide) groups is 1. The van der Waals surface area contributed by atoms with Gasteiger partial charge in [0.25, 0.3) is 0 Å². The summed E-state index contributed by atoms with van der Waals surface area (Å²) in [6, 6.07) is 0. The van der Waals surface area contributed by atoms with Gasteiger partial charge in [0.2, 0.25) is 5.91 Å². The SMILES string of the molecule is C=CC(=O)NCCSCCCN[C@@H]1O[C@@H](CO)[C@@H](O[C@@H]2OC(CO[C@H]3OC[C@@H](O)[C@H](O)C3O[C@@H]3OC(CO)[C@H](O)[C@H](O)C3O)[C@@H](O[C@@H]3O[C@@H](CO[C@H]4OC[C@@H](O)[C@H](O)C4O[C@@H]4OC(CO)[C@H](O)[C@H](O)C4O)[C@@H](O[C@@H]4OC(CO[C@H]5OC[C@@H](O)[C@H](O)C5O)[C@@H](O)[C@H](O)C4O)C(O)C3O)[C@H](O)C2O)C(O)C1O.CC=O. The molecular weight excluding hydrogens is 1500 g/mol. The molecule has 0 saturated carbocycles. The van der Waals surface area contributed by atoms with Crippen molar-refractivity contribution in [1.29, 1.82) is 0 Å². The van der Waals surface area contributed by atoms with Gasteiger partial charge >= 0.3 is 0 Å². The van der Waals surface area contributed by atoms with Gasteiger partial charge in [0.15, 0.2) is 50.3 Å². The Morgan fingerprint density at radius 3 is 1.14 bits per heavy atom. The minimum atomic E-state index is -2.48. The quantitative estimate of drug-likeness (QED) is 0.0174. The molecular formula is C61H104N2O44S. The van der Waals surface area contributed by atoms with E-state index in [1.54, 1.807) is 0 Å². The molecule has 27 N–H and O–H groups in total. The summed E-state index contributed by atoms with van der Waals surface area (Å²) in [5, 5.41) is 280. The van der Waals surface area contributed by atoms with E-state index in [4.69, 9.17) is 85.3 Å². The van der Waals surface area contributed by atoms with Crippen molar-refractivity contribution >= 4 is 24.0 Å². The molecule has 0 aromatic rings. The summed E-state index contributed by atoms with van der Waals surface area (Å²) in [6.07, 6.45) is -80.9. The van der Waals surface area contributed by atoms with E-state index in [0.29, 0.717) is 24.5 Å². The fraction of sp³-hybridized carbons (Fsp3) is 0.934. The molecule has 9 heterocycles. The van der Waals surface area contributed by atoms with Gasteiger partial charge in [0.05, 0.1) is 59.5 Å². The number of amides is 1. The average molecular weight is 1600 g/mol. The number of carbonyl (C=O) groups is 2. The zero-order valence-corrected chi connectivity index (χ0v) is 58.7.